The van der Waals surface area contributed by atoms with Gasteiger partial charge in [-0.1, -0.05) is 31.4 Å². The van der Waals surface area contributed by atoms with Gasteiger partial charge in [-0.25, -0.2) is 4.39 Å². The number of amides is 2. The normalized spacial score (nSPS) is 18.4. The van der Waals surface area contributed by atoms with Crippen molar-refractivity contribution in [1.82, 2.24) is 4.90 Å². The van der Waals surface area contributed by atoms with Crippen LogP contribution in [0.2, 0.25) is 0 Å². The van der Waals surface area contributed by atoms with Gasteiger partial charge in [0.15, 0.2) is 0 Å². The van der Waals surface area contributed by atoms with E-state index in [0.29, 0.717) is 24.1 Å². The third-order valence-electron chi connectivity index (χ3n) is 6.30. The van der Waals surface area contributed by atoms with Crippen molar-refractivity contribution in [3.8, 4) is 0 Å². The number of carbonyl (C=O) groups excluding carboxylic acids is 2. The fourth-order valence-corrected chi connectivity index (χ4v) is 4.37. The highest BCUT2D eigenvalue weighted by Crippen LogP contribution is 2.44. The lowest BCUT2D eigenvalue weighted by Crippen LogP contribution is -2.46. The van der Waals surface area contributed by atoms with Crippen molar-refractivity contribution in [3.63, 3.8) is 0 Å². The van der Waals surface area contributed by atoms with Gasteiger partial charge in [0, 0.05) is 24.3 Å². The molecule has 0 atom stereocenters. The Morgan fingerprint density at radius 3 is 2.17 bits per heavy atom. The molecular weight excluding hydrogens is 367 g/mol. The van der Waals surface area contributed by atoms with Crippen LogP contribution in [-0.2, 0) is 10.2 Å². The standard InChI is InChI=1S/C24H27FN2O2/c25-20-8-5-7-19(17-20)24(13-6-14-24)23(29)26-21-11-9-18(10-12-21)22(28)27-15-3-1-2-4-16-27/h5,7-12,17H,1-4,6,13-16H2,(H,26,29). The van der Waals surface area contributed by atoms with E-state index in [4.69, 9.17) is 0 Å². The number of anilines is 1. The first-order valence-electron chi connectivity index (χ1n) is 10.6. The Hall–Kier alpha value is -2.69. The molecule has 1 heterocycles. The number of hydrogen-bond donors (Lipinski definition) is 1. The lowest BCUT2D eigenvalue weighted by molar-refractivity contribution is -0.124. The Bertz CT molecular complexity index is 882. The summed E-state index contributed by atoms with van der Waals surface area (Å²) in [5.74, 6) is -0.376. The summed E-state index contributed by atoms with van der Waals surface area (Å²) in [5, 5.41) is 2.97. The SMILES string of the molecule is O=C(c1ccc(NC(=O)C2(c3cccc(F)c3)CCC2)cc1)N1CCCCCC1. The summed E-state index contributed by atoms with van der Waals surface area (Å²) < 4.78 is 13.7. The van der Waals surface area contributed by atoms with E-state index in [2.05, 4.69) is 5.32 Å². The number of nitrogens with zero attached hydrogens (tertiary/aromatic N) is 1. The fourth-order valence-electron chi connectivity index (χ4n) is 4.37. The average Bonchev–Trinajstić information content (AvgIpc) is 2.97. The molecule has 1 saturated carbocycles. The van der Waals surface area contributed by atoms with Crippen molar-refractivity contribution in [2.24, 2.45) is 0 Å². The molecule has 4 nitrogen and oxygen atoms in total. The van der Waals surface area contributed by atoms with Gasteiger partial charge in [0.2, 0.25) is 5.91 Å². The third kappa shape index (κ3) is 4.04. The Kier molecular flexibility index (Phi) is 5.65. The number of carbonyl (C=O) groups is 2. The van der Waals surface area contributed by atoms with Crippen LogP contribution >= 0.6 is 0 Å². The van der Waals surface area contributed by atoms with Crippen LogP contribution in [-0.4, -0.2) is 29.8 Å². The molecule has 2 aliphatic rings. The zero-order chi connectivity index (χ0) is 20.3. The zero-order valence-electron chi connectivity index (χ0n) is 16.6. The Balaban J connectivity index is 1.45. The molecule has 0 spiro atoms. The minimum atomic E-state index is -0.664. The smallest absolute Gasteiger partial charge is 0.253 e. The lowest BCUT2D eigenvalue weighted by Gasteiger charge is -2.40. The molecule has 0 bridgehead atoms. The van der Waals surface area contributed by atoms with E-state index >= 15 is 0 Å². The van der Waals surface area contributed by atoms with Crippen molar-refractivity contribution < 1.29 is 14.0 Å². The second-order valence-electron chi connectivity index (χ2n) is 8.18. The molecule has 1 aliphatic heterocycles. The first kappa shape index (κ1) is 19.6. The molecule has 2 aromatic carbocycles. The molecule has 152 valence electrons. The van der Waals surface area contributed by atoms with E-state index in [1.165, 1.54) is 25.0 Å². The first-order valence-corrected chi connectivity index (χ1v) is 10.6. The van der Waals surface area contributed by atoms with Crippen LogP contribution in [0.1, 0.15) is 60.9 Å². The summed E-state index contributed by atoms with van der Waals surface area (Å²) in [6, 6.07) is 13.4. The number of likely N-dealkylation sites (tertiary alicyclic amines) is 1. The van der Waals surface area contributed by atoms with Gasteiger partial charge in [-0.3, -0.25) is 9.59 Å². The van der Waals surface area contributed by atoms with Gasteiger partial charge in [-0.2, -0.15) is 0 Å². The zero-order valence-corrected chi connectivity index (χ0v) is 16.6. The van der Waals surface area contributed by atoms with Gasteiger partial charge < -0.3 is 10.2 Å². The largest absolute Gasteiger partial charge is 0.339 e. The summed E-state index contributed by atoms with van der Waals surface area (Å²) in [7, 11) is 0. The van der Waals surface area contributed by atoms with Crippen molar-refractivity contribution >= 4 is 17.5 Å². The maximum atomic E-state index is 13.7. The number of nitrogens with one attached hydrogen (secondary N) is 1. The van der Waals surface area contributed by atoms with Crippen LogP contribution in [0, 0.1) is 5.82 Å². The van der Waals surface area contributed by atoms with E-state index in [9.17, 15) is 14.0 Å². The van der Waals surface area contributed by atoms with Crippen LogP contribution in [0.3, 0.4) is 0 Å². The molecule has 0 aromatic heterocycles. The molecule has 0 radical (unpaired) electrons. The van der Waals surface area contributed by atoms with Crippen molar-refractivity contribution in [3.05, 3.63) is 65.5 Å². The Morgan fingerprint density at radius 1 is 0.897 bits per heavy atom. The van der Waals surface area contributed by atoms with Gasteiger partial charge in [0.1, 0.15) is 5.82 Å². The predicted octanol–water partition coefficient (Wildman–Crippen LogP) is 4.90. The molecule has 1 saturated heterocycles. The number of halogens is 1. The first-order chi connectivity index (χ1) is 14.1. The van der Waals surface area contributed by atoms with Crippen LogP contribution < -0.4 is 5.32 Å². The minimum absolute atomic E-state index is 0.0556. The second kappa shape index (κ2) is 8.36. The fraction of sp³-hybridized carbons (Fsp3) is 0.417. The summed E-state index contributed by atoms with van der Waals surface area (Å²) in [6.07, 6.45) is 6.86. The molecule has 0 unspecified atom stereocenters. The van der Waals surface area contributed by atoms with Crippen molar-refractivity contribution in [2.75, 3.05) is 18.4 Å². The quantitative estimate of drug-likeness (QED) is 0.802. The van der Waals surface area contributed by atoms with E-state index in [-0.39, 0.29) is 17.6 Å². The highest BCUT2D eigenvalue weighted by Gasteiger charge is 2.45. The maximum absolute atomic E-state index is 13.7. The van der Waals surface area contributed by atoms with Gasteiger partial charge in [-0.05, 0) is 67.6 Å². The summed E-state index contributed by atoms with van der Waals surface area (Å²) in [6.45, 7) is 1.63. The summed E-state index contributed by atoms with van der Waals surface area (Å²) in [5.41, 5.74) is 1.37. The molecule has 5 heteroatoms. The minimum Gasteiger partial charge on any atom is -0.339 e. The topological polar surface area (TPSA) is 49.4 Å². The van der Waals surface area contributed by atoms with Crippen LogP contribution in [0.4, 0.5) is 10.1 Å². The van der Waals surface area contributed by atoms with Gasteiger partial charge in [0.25, 0.3) is 5.91 Å². The van der Waals surface area contributed by atoms with Crippen LogP contribution in [0.5, 0.6) is 0 Å². The number of hydrogen-bond acceptors (Lipinski definition) is 2. The molecular formula is C24H27FN2O2. The van der Waals surface area contributed by atoms with Crippen LogP contribution in [0.15, 0.2) is 48.5 Å². The second-order valence-corrected chi connectivity index (χ2v) is 8.18. The molecule has 2 aromatic rings. The summed E-state index contributed by atoms with van der Waals surface area (Å²) >= 11 is 0. The highest BCUT2D eigenvalue weighted by molar-refractivity contribution is 6.00. The van der Waals surface area contributed by atoms with Gasteiger partial charge >= 0.3 is 0 Å². The number of benzene rings is 2. The van der Waals surface area contributed by atoms with Crippen molar-refractivity contribution in [1.29, 1.82) is 0 Å². The van der Waals surface area contributed by atoms with Crippen molar-refractivity contribution in [2.45, 2.75) is 50.4 Å². The molecule has 2 fully saturated rings. The number of rotatable bonds is 4. The van der Waals surface area contributed by atoms with Crippen LogP contribution in [0.25, 0.3) is 0 Å². The Labute approximate surface area is 171 Å². The van der Waals surface area contributed by atoms with E-state index in [0.717, 1.165) is 37.9 Å². The third-order valence-corrected chi connectivity index (χ3v) is 6.30. The van der Waals surface area contributed by atoms with Gasteiger partial charge in [0.05, 0.1) is 5.41 Å². The molecule has 29 heavy (non-hydrogen) atoms. The summed E-state index contributed by atoms with van der Waals surface area (Å²) in [4.78, 5) is 27.7. The molecule has 1 N–H and O–H groups in total. The molecule has 2 amide bonds. The predicted molar refractivity (Wildman–Crippen MR) is 111 cm³/mol. The van der Waals surface area contributed by atoms with E-state index in [1.54, 1.807) is 30.3 Å². The average molecular weight is 394 g/mol. The maximum Gasteiger partial charge on any atom is 0.253 e. The lowest BCUT2D eigenvalue weighted by atomic mass is 9.63. The monoisotopic (exact) mass is 394 g/mol. The van der Waals surface area contributed by atoms with Gasteiger partial charge in [-0.15, -0.1) is 0 Å². The molecule has 1 aliphatic carbocycles. The highest BCUT2D eigenvalue weighted by atomic mass is 19.1. The van der Waals surface area contributed by atoms with E-state index in [1.807, 2.05) is 11.0 Å². The van der Waals surface area contributed by atoms with E-state index < -0.39 is 5.41 Å². The molecule has 4 rings (SSSR count). The Morgan fingerprint density at radius 2 is 1.59 bits per heavy atom.